The summed E-state index contributed by atoms with van der Waals surface area (Å²) >= 11 is 0. The third-order valence-electron chi connectivity index (χ3n) is 3.91. The number of para-hydroxylation sites is 2. The Balaban J connectivity index is 1.52. The summed E-state index contributed by atoms with van der Waals surface area (Å²) in [4.78, 5) is 25.8. The lowest BCUT2D eigenvalue weighted by Gasteiger charge is -2.28. The Kier molecular flexibility index (Phi) is 5.81. The number of rotatable bonds is 5. The fraction of sp³-hybridized carbons (Fsp3) is 0.263. The number of nitrogens with one attached hydrogen (secondary N) is 1. The van der Waals surface area contributed by atoms with Gasteiger partial charge in [-0.2, -0.15) is 0 Å². The molecule has 2 amide bonds. The van der Waals surface area contributed by atoms with Gasteiger partial charge in [-0.1, -0.05) is 12.1 Å². The lowest BCUT2D eigenvalue weighted by Crippen LogP contribution is -2.47. The van der Waals surface area contributed by atoms with Crippen molar-refractivity contribution in [3.8, 4) is 17.2 Å². The van der Waals surface area contributed by atoms with Crippen LogP contribution in [0.3, 0.4) is 0 Å². The van der Waals surface area contributed by atoms with Crippen LogP contribution in [0.4, 0.5) is 18.9 Å². The van der Waals surface area contributed by atoms with E-state index in [9.17, 15) is 22.8 Å². The number of nitrogens with zero attached hydrogens (tertiary/aromatic N) is 1. The molecule has 0 radical (unpaired) electrons. The third-order valence-corrected chi connectivity index (χ3v) is 3.91. The van der Waals surface area contributed by atoms with E-state index in [1.165, 1.54) is 24.1 Å². The molecule has 0 spiro atoms. The number of benzene rings is 2. The van der Waals surface area contributed by atoms with Crippen LogP contribution < -0.4 is 19.5 Å². The number of alkyl halides is 3. The number of anilines is 1. The summed E-state index contributed by atoms with van der Waals surface area (Å²) in [6.45, 7) is -0.260. The Labute approximate surface area is 164 Å². The lowest BCUT2D eigenvalue weighted by atomic mass is 10.2. The van der Waals surface area contributed by atoms with Crippen LogP contribution in [0.2, 0.25) is 0 Å². The van der Waals surface area contributed by atoms with Crippen LogP contribution in [0.1, 0.15) is 0 Å². The first kappa shape index (κ1) is 20.3. The molecule has 3 rings (SSSR count). The predicted molar refractivity (Wildman–Crippen MR) is 95.7 cm³/mol. The second-order valence-electron chi connectivity index (χ2n) is 6.18. The Morgan fingerprint density at radius 3 is 2.45 bits per heavy atom. The van der Waals surface area contributed by atoms with Gasteiger partial charge in [-0.25, -0.2) is 0 Å². The van der Waals surface area contributed by atoms with Crippen molar-refractivity contribution in [2.45, 2.75) is 12.5 Å². The minimum absolute atomic E-state index is 0.0163. The second-order valence-corrected chi connectivity index (χ2v) is 6.18. The van der Waals surface area contributed by atoms with Gasteiger partial charge >= 0.3 is 6.36 Å². The standard InChI is InChI=1S/C19H17F3N2O5/c1-24(18(26)16-11-27-14-4-2-3-5-15(14)28-16)10-17(25)23-12-6-8-13(9-7-12)29-19(20,21)22/h2-9,16H,10-11H2,1H3,(H,23,25)/t16-/m1/s1. The first-order valence-corrected chi connectivity index (χ1v) is 8.50. The molecule has 0 saturated carbocycles. The molecule has 0 aliphatic carbocycles. The van der Waals surface area contributed by atoms with E-state index in [1.54, 1.807) is 24.3 Å². The summed E-state index contributed by atoms with van der Waals surface area (Å²) in [5.74, 6) is -0.394. The number of carbonyl (C=O) groups is 2. The van der Waals surface area contributed by atoms with E-state index in [2.05, 4.69) is 10.1 Å². The van der Waals surface area contributed by atoms with E-state index in [1.807, 2.05) is 0 Å². The van der Waals surface area contributed by atoms with Crippen LogP contribution in [0, 0.1) is 0 Å². The van der Waals surface area contributed by atoms with Crippen LogP contribution in [0.5, 0.6) is 17.2 Å². The summed E-state index contributed by atoms with van der Waals surface area (Å²) < 4.78 is 51.3. The number of ether oxygens (including phenoxy) is 3. The van der Waals surface area contributed by atoms with Gasteiger partial charge in [0.05, 0.1) is 6.54 Å². The quantitative estimate of drug-likeness (QED) is 0.821. The molecule has 10 heteroatoms. The van der Waals surface area contributed by atoms with Gasteiger partial charge in [0.25, 0.3) is 5.91 Å². The number of fused-ring (bicyclic) bond motifs is 1. The molecule has 29 heavy (non-hydrogen) atoms. The van der Waals surface area contributed by atoms with Crippen molar-refractivity contribution in [2.75, 3.05) is 25.5 Å². The molecule has 154 valence electrons. The fourth-order valence-corrected chi connectivity index (χ4v) is 2.62. The number of hydrogen-bond acceptors (Lipinski definition) is 5. The minimum atomic E-state index is -4.79. The lowest BCUT2D eigenvalue weighted by molar-refractivity contribution is -0.274. The zero-order valence-corrected chi connectivity index (χ0v) is 15.2. The molecule has 0 saturated heterocycles. The smallest absolute Gasteiger partial charge is 0.485 e. The highest BCUT2D eigenvalue weighted by Gasteiger charge is 2.31. The van der Waals surface area contributed by atoms with E-state index < -0.39 is 30.0 Å². The average molecular weight is 410 g/mol. The number of hydrogen-bond donors (Lipinski definition) is 1. The van der Waals surface area contributed by atoms with Crippen molar-refractivity contribution in [3.05, 3.63) is 48.5 Å². The molecule has 1 heterocycles. The average Bonchev–Trinajstić information content (AvgIpc) is 2.67. The van der Waals surface area contributed by atoms with Crippen molar-refractivity contribution in [2.24, 2.45) is 0 Å². The van der Waals surface area contributed by atoms with Gasteiger partial charge in [-0.3, -0.25) is 9.59 Å². The van der Waals surface area contributed by atoms with Crippen molar-refractivity contribution in [3.63, 3.8) is 0 Å². The van der Waals surface area contributed by atoms with Crippen LogP contribution in [0.25, 0.3) is 0 Å². The maximum absolute atomic E-state index is 12.5. The zero-order valence-electron chi connectivity index (χ0n) is 15.2. The monoisotopic (exact) mass is 410 g/mol. The van der Waals surface area contributed by atoms with Crippen LogP contribution in [-0.4, -0.2) is 49.4 Å². The highest BCUT2D eigenvalue weighted by atomic mass is 19.4. The zero-order chi connectivity index (χ0) is 21.0. The molecule has 0 bridgehead atoms. The normalized spacial score (nSPS) is 15.4. The van der Waals surface area contributed by atoms with Crippen molar-refractivity contribution in [1.82, 2.24) is 4.90 Å². The van der Waals surface area contributed by atoms with E-state index in [4.69, 9.17) is 9.47 Å². The second kappa shape index (κ2) is 8.29. The number of carbonyl (C=O) groups excluding carboxylic acids is 2. The molecular weight excluding hydrogens is 393 g/mol. The van der Waals surface area contributed by atoms with Gasteiger partial charge in [-0.15, -0.1) is 13.2 Å². The maximum atomic E-state index is 12.5. The molecule has 0 aromatic heterocycles. The van der Waals surface area contributed by atoms with Gasteiger partial charge in [0.2, 0.25) is 12.0 Å². The molecule has 2 aromatic carbocycles. The SMILES string of the molecule is CN(CC(=O)Nc1ccc(OC(F)(F)F)cc1)C(=O)[C@H]1COc2ccccc2O1. The van der Waals surface area contributed by atoms with E-state index in [0.717, 1.165) is 12.1 Å². The van der Waals surface area contributed by atoms with E-state index in [-0.39, 0.29) is 18.8 Å². The van der Waals surface area contributed by atoms with Crippen LogP contribution in [-0.2, 0) is 9.59 Å². The summed E-state index contributed by atoms with van der Waals surface area (Å²) in [7, 11) is 1.44. The van der Waals surface area contributed by atoms with E-state index in [0.29, 0.717) is 11.5 Å². The van der Waals surface area contributed by atoms with Crippen LogP contribution >= 0.6 is 0 Å². The van der Waals surface area contributed by atoms with E-state index >= 15 is 0 Å². The maximum Gasteiger partial charge on any atom is 0.573 e. The molecule has 7 nitrogen and oxygen atoms in total. The highest BCUT2D eigenvalue weighted by molar-refractivity contribution is 5.95. The molecule has 1 aliphatic heterocycles. The molecule has 2 aromatic rings. The molecule has 1 atom stereocenters. The molecule has 0 unspecified atom stereocenters. The van der Waals surface area contributed by atoms with Gasteiger partial charge in [0.15, 0.2) is 11.5 Å². The number of halogens is 3. The Morgan fingerprint density at radius 2 is 1.79 bits per heavy atom. The van der Waals surface area contributed by atoms with Crippen molar-refractivity contribution >= 4 is 17.5 Å². The topological polar surface area (TPSA) is 77.1 Å². The van der Waals surface area contributed by atoms with Crippen molar-refractivity contribution < 1.29 is 37.0 Å². The first-order chi connectivity index (χ1) is 13.7. The number of likely N-dealkylation sites (N-methyl/N-ethyl adjacent to an activating group) is 1. The Hall–Kier alpha value is -3.43. The highest BCUT2D eigenvalue weighted by Crippen LogP contribution is 2.31. The first-order valence-electron chi connectivity index (χ1n) is 8.50. The van der Waals surface area contributed by atoms with Gasteiger partial charge in [0.1, 0.15) is 12.4 Å². The van der Waals surface area contributed by atoms with Gasteiger partial charge in [0, 0.05) is 12.7 Å². The summed E-state index contributed by atoms with van der Waals surface area (Å²) in [6.07, 6.45) is -5.68. The number of amides is 2. The third kappa shape index (κ3) is 5.53. The Morgan fingerprint density at radius 1 is 1.14 bits per heavy atom. The molecule has 0 fully saturated rings. The Bertz CT molecular complexity index is 886. The predicted octanol–water partition coefficient (Wildman–Crippen LogP) is 2.82. The van der Waals surface area contributed by atoms with Crippen molar-refractivity contribution in [1.29, 1.82) is 0 Å². The fourth-order valence-electron chi connectivity index (χ4n) is 2.62. The summed E-state index contributed by atoms with van der Waals surface area (Å²) in [5.41, 5.74) is 0.261. The van der Waals surface area contributed by atoms with Crippen LogP contribution in [0.15, 0.2) is 48.5 Å². The molecular formula is C19H17F3N2O5. The summed E-state index contributed by atoms with van der Waals surface area (Å²) in [6, 6.07) is 11.6. The van der Waals surface area contributed by atoms with Gasteiger partial charge in [-0.05, 0) is 36.4 Å². The minimum Gasteiger partial charge on any atom is -0.485 e. The molecule has 1 aliphatic rings. The molecule has 1 N–H and O–H groups in total. The van der Waals surface area contributed by atoms with Gasteiger partial charge < -0.3 is 24.4 Å². The largest absolute Gasteiger partial charge is 0.573 e. The summed E-state index contributed by atoms with van der Waals surface area (Å²) in [5, 5.41) is 2.49.